The van der Waals surface area contributed by atoms with Gasteiger partial charge in [0.1, 0.15) is 0 Å². The zero-order valence-electron chi connectivity index (χ0n) is 7.36. The third kappa shape index (κ3) is 2.03. The lowest BCUT2D eigenvalue weighted by molar-refractivity contribution is 0.162. The van der Waals surface area contributed by atoms with Crippen molar-refractivity contribution in [2.75, 3.05) is 0 Å². The predicted octanol–water partition coefficient (Wildman–Crippen LogP) is 0.771. The van der Waals surface area contributed by atoms with Crippen molar-refractivity contribution >= 4 is 0 Å². The van der Waals surface area contributed by atoms with E-state index in [1.807, 2.05) is 19.1 Å². The van der Waals surface area contributed by atoms with Gasteiger partial charge in [-0.25, -0.2) is 0 Å². The maximum absolute atomic E-state index is 9.20. The van der Waals surface area contributed by atoms with E-state index in [1.165, 1.54) is 0 Å². The molecule has 66 valence electrons. The van der Waals surface area contributed by atoms with Crippen LogP contribution in [0, 0.1) is 6.92 Å². The summed E-state index contributed by atoms with van der Waals surface area (Å²) in [5.41, 5.74) is 7.54. The molecule has 2 atom stereocenters. The highest BCUT2D eigenvalue weighted by Gasteiger charge is 2.12. The average molecular weight is 166 g/mol. The molecule has 0 aliphatic carbocycles. The number of hydrogen-bond acceptors (Lipinski definition) is 3. The summed E-state index contributed by atoms with van der Waals surface area (Å²) in [5, 5.41) is 9.20. The van der Waals surface area contributed by atoms with E-state index < -0.39 is 6.10 Å². The van der Waals surface area contributed by atoms with Crippen LogP contribution in [0.5, 0.6) is 0 Å². The van der Waals surface area contributed by atoms with Crippen LogP contribution in [-0.2, 0) is 0 Å². The number of aliphatic hydroxyl groups excluding tert-OH is 1. The highest BCUT2D eigenvalue weighted by molar-refractivity contribution is 5.17. The summed E-state index contributed by atoms with van der Waals surface area (Å²) < 4.78 is 0. The Kier molecular flexibility index (Phi) is 2.78. The lowest BCUT2D eigenvalue weighted by Crippen LogP contribution is -2.24. The number of hydrogen-bond donors (Lipinski definition) is 2. The molecule has 1 aromatic rings. The first kappa shape index (κ1) is 9.16. The number of rotatable bonds is 2. The molecule has 3 N–H and O–H groups in total. The average Bonchev–Trinajstić information content (AvgIpc) is 2.03. The van der Waals surface area contributed by atoms with Crippen LogP contribution in [0.25, 0.3) is 0 Å². The van der Waals surface area contributed by atoms with Gasteiger partial charge in [0.25, 0.3) is 0 Å². The van der Waals surface area contributed by atoms with Gasteiger partial charge in [0.15, 0.2) is 0 Å². The molecule has 0 fully saturated rings. The van der Waals surface area contributed by atoms with Gasteiger partial charge >= 0.3 is 0 Å². The molecule has 0 aromatic carbocycles. The lowest BCUT2D eigenvalue weighted by Gasteiger charge is -2.13. The quantitative estimate of drug-likeness (QED) is 0.682. The Morgan fingerprint density at radius 1 is 1.58 bits per heavy atom. The molecule has 1 aromatic heterocycles. The second-order valence-corrected chi connectivity index (χ2v) is 3.02. The number of aliphatic hydroxyl groups is 1. The van der Waals surface area contributed by atoms with Gasteiger partial charge in [-0.15, -0.1) is 0 Å². The van der Waals surface area contributed by atoms with Crippen LogP contribution in [-0.4, -0.2) is 16.2 Å². The molecular weight excluding hydrogens is 152 g/mol. The number of aromatic nitrogens is 1. The summed E-state index contributed by atoms with van der Waals surface area (Å²) in [6, 6.07) is 3.40. The Morgan fingerprint density at radius 3 is 2.75 bits per heavy atom. The van der Waals surface area contributed by atoms with Crippen molar-refractivity contribution in [3.63, 3.8) is 0 Å². The summed E-state index contributed by atoms with van der Waals surface area (Å²) in [6.45, 7) is 3.63. The molecule has 0 saturated heterocycles. The standard InChI is InChI=1S/C9H14N2O/c1-6-3-4-11-8(5-6)9(10)7(2)12/h3-5,7,9,12H,10H2,1-2H3/t7-,9+/m1/s1. The first-order valence-corrected chi connectivity index (χ1v) is 3.97. The molecule has 0 aliphatic heterocycles. The minimum Gasteiger partial charge on any atom is -0.391 e. The SMILES string of the molecule is Cc1ccnc([C@@H](N)[C@@H](C)O)c1. The fourth-order valence-corrected chi connectivity index (χ4v) is 0.989. The summed E-state index contributed by atoms with van der Waals surface area (Å²) in [5.74, 6) is 0. The number of nitrogens with zero attached hydrogens (tertiary/aromatic N) is 1. The maximum atomic E-state index is 9.20. The molecule has 3 nitrogen and oxygen atoms in total. The van der Waals surface area contributed by atoms with Crippen molar-refractivity contribution < 1.29 is 5.11 Å². The van der Waals surface area contributed by atoms with E-state index in [0.717, 1.165) is 11.3 Å². The van der Waals surface area contributed by atoms with E-state index in [-0.39, 0.29) is 6.04 Å². The highest BCUT2D eigenvalue weighted by Crippen LogP contribution is 2.11. The molecular formula is C9H14N2O. The monoisotopic (exact) mass is 166 g/mol. The largest absolute Gasteiger partial charge is 0.391 e. The van der Waals surface area contributed by atoms with Crippen LogP contribution in [0.3, 0.4) is 0 Å². The van der Waals surface area contributed by atoms with Crippen molar-refractivity contribution in [1.82, 2.24) is 4.98 Å². The highest BCUT2D eigenvalue weighted by atomic mass is 16.3. The van der Waals surface area contributed by atoms with E-state index in [9.17, 15) is 5.11 Å². The van der Waals surface area contributed by atoms with Gasteiger partial charge in [0.05, 0.1) is 17.8 Å². The van der Waals surface area contributed by atoms with Gasteiger partial charge in [-0.05, 0) is 31.5 Å². The van der Waals surface area contributed by atoms with Crippen LogP contribution in [0.2, 0.25) is 0 Å². The molecule has 3 heteroatoms. The zero-order chi connectivity index (χ0) is 9.14. The van der Waals surface area contributed by atoms with Gasteiger partial charge in [-0.3, -0.25) is 4.98 Å². The molecule has 1 heterocycles. The van der Waals surface area contributed by atoms with E-state index in [0.29, 0.717) is 0 Å². The van der Waals surface area contributed by atoms with E-state index in [2.05, 4.69) is 4.98 Å². The van der Waals surface area contributed by atoms with Crippen LogP contribution < -0.4 is 5.73 Å². The molecule has 0 bridgehead atoms. The molecule has 12 heavy (non-hydrogen) atoms. The minimum atomic E-state index is -0.556. The molecule has 0 amide bonds. The predicted molar refractivity (Wildman–Crippen MR) is 47.6 cm³/mol. The Labute approximate surface area is 72.2 Å². The summed E-state index contributed by atoms with van der Waals surface area (Å²) in [6.07, 6.45) is 1.15. The van der Waals surface area contributed by atoms with Crippen molar-refractivity contribution in [2.45, 2.75) is 26.0 Å². The molecule has 0 saturated carbocycles. The second-order valence-electron chi connectivity index (χ2n) is 3.02. The van der Waals surface area contributed by atoms with Crippen LogP contribution in [0.1, 0.15) is 24.2 Å². The van der Waals surface area contributed by atoms with Gasteiger partial charge in [-0.1, -0.05) is 0 Å². The van der Waals surface area contributed by atoms with Gasteiger partial charge in [0.2, 0.25) is 0 Å². The van der Waals surface area contributed by atoms with E-state index >= 15 is 0 Å². The Morgan fingerprint density at radius 2 is 2.25 bits per heavy atom. The second kappa shape index (κ2) is 3.65. The van der Waals surface area contributed by atoms with Gasteiger partial charge in [-0.2, -0.15) is 0 Å². The molecule has 0 aliphatic rings. The fraction of sp³-hybridized carbons (Fsp3) is 0.444. The van der Waals surface area contributed by atoms with Crippen molar-refractivity contribution in [1.29, 1.82) is 0 Å². The third-order valence-electron chi connectivity index (χ3n) is 1.80. The van der Waals surface area contributed by atoms with Crippen LogP contribution in [0.4, 0.5) is 0 Å². The number of pyridine rings is 1. The summed E-state index contributed by atoms with van der Waals surface area (Å²) in [7, 11) is 0. The van der Waals surface area contributed by atoms with Gasteiger partial charge < -0.3 is 10.8 Å². The minimum absolute atomic E-state index is 0.384. The van der Waals surface area contributed by atoms with Crippen LogP contribution in [0.15, 0.2) is 18.3 Å². The Hall–Kier alpha value is -0.930. The topological polar surface area (TPSA) is 59.1 Å². The fourth-order valence-electron chi connectivity index (χ4n) is 0.989. The molecule has 0 unspecified atom stereocenters. The Balaban J connectivity index is 2.88. The normalized spacial score (nSPS) is 15.7. The lowest BCUT2D eigenvalue weighted by atomic mass is 10.1. The van der Waals surface area contributed by atoms with Crippen LogP contribution >= 0.6 is 0 Å². The molecule has 0 spiro atoms. The molecule has 0 radical (unpaired) electrons. The number of nitrogens with two attached hydrogens (primary N) is 1. The summed E-state index contributed by atoms with van der Waals surface area (Å²) in [4.78, 5) is 4.08. The molecule has 1 rings (SSSR count). The van der Waals surface area contributed by atoms with Crippen molar-refractivity contribution in [3.8, 4) is 0 Å². The van der Waals surface area contributed by atoms with Crippen molar-refractivity contribution in [2.24, 2.45) is 5.73 Å². The summed E-state index contributed by atoms with van der Waals surface area (Å²) >= 11 is 0. The third-order valence-corrected chi connectivity index (χ3v) is 1.80. The van der Waals surface area contributed by atoms with E-state index in [1.54, 1.807) is 13.1 Å². The zero-order valence-corrected chi connectivity index (χ0v) is 7.36. The van der Waals surface area contributed by atoms with E-state index in [4.69, 9.17) is 5.73 Å². The first-order valence-electron chi connectivity index (χ1n) is 3.97. The van der Waals surface area contributed by atoms with Crippen molar-refractivity contribution in [3.05, 3.63) is 29.6 Å². The number of aryl methyl sites for hydroxylation is 1. The van der Waals surface area contributed by atoms with Gasteiger partial charge in [0, 0.05) is 6.20 Å². The first-order chi connectivity index (χ1) is 5.61. The smallest absolute Gasteiger partial charge is 0.0731 e. The Bertz CT molecular complexity index is 260. The maximum Gasteiger partial charge on any atom is 0.0731 e.